The topological polar surface area (TPSA) is 78.3 Å². The summed E-state index contributed by atoms with van der Waals surface area (Å²) in [6.45, 7) is 1.85. The highest BCUT2D eigenvalue weighted by Gasteiger charge is 2.27. The molecule has 0 aliphatic heterocycles. The minimum Gasteiger partial charge on any atom is -0.497 e. The van der Waals surface area contributed by atoms with Crippen molar-refractivity contribution in [1.82, 2.24) is 20.1 Å². The first kappa shape index (κ1) is 26.8. The summed E-state index contributed by atoms with van der Waals surface area (Å²) in [6.07, 6.45) is 6.67. The molecule has 0 fully saturated rings. The summed E-state index contributed by atoms with van der Waals surface area (Å²) in [5, 5.41) is 8.59. The van der Waals surface area contributed by atoms with Crippen LogP contribution in [0.15, 0.2) is 66.9 Å². The van der Waals surface area contributed by atoms with Gasteiger partial charge in [0.15, 0.2) is 0 Å². The van der Waals surface area contributed by atoms with Gasteiger partial charge in [0.25, 0.3) is 0 Å². The molecule has 1 atom stereocenters. The molecule has 1 aliphatic rings. The number of aromatic nitrogens is 3. The summed E-state index contributed by atoms with van der Waals surface area (Å²) in [5.74, 6) is 1.04. The molecule has 0 radical (unpaired) electrons. The Balaban J connectivity index is 1.56. The van der Waals surface area contributed by atoms with Crippen molar-refractivity contribution in [2.45, 2.75) is 38.6 Å². The van der Waals surface area contributed by atoms with E-state index in [4.69, 9.17) is 37.8 Å². The van der Waals surface area contributed by atoms with Crippen LogP contribution in [0.3, 0.4) is 0 Å². The molecule has 1 N–H and O–H groups in total. The van der Waals surface area contributed by atoms with Crippen molar-refractivity contribution in [3.63, 3.8) is 0 Å². The second kappa shape index (κ2) is 11.9. The summed E-state index contributed by atoms with van der Waals surface area (Å²) >= 11 is 12.8. The van der Waals surface area contributed by atoms with Crippen LogP contribution in [0.1, 0.15) is 54.7 Å². The van der Waals surface area contributed by atoms with Gasteiger partial charge in [-0.2, -0.15) is 0 Å². The predicted molar refractivity (Wildman–Crippen MR) is 154 cm³/mol. The molecular weight excluding hydrogens is 535 g/mol. The number of hydrogen-bond donors (Lipinski definition) is 1. The van der Waals surface area contributed by atoms with Gasteiger partial charge in [0.1, 0.15) is 5.75 Å². The van der Waals surface area contributed by atoms with E-state index in [1.54, 1.807) is 30.1 Å². The highest BCUT2D eigenvalue weighted by Crippen LogP contribution is 2.39. The molecule has 2 aromatic heterocycles. The Morgan fingerprint density at radius 1 is 1.08 bits per heavy atom. The van der Waals surface area contributed by atoms with Gasteiger partial charge in [-0.05, 0) is 92.3 Å². The van der Waals surface area contributed by atoms with Crippen molar-refractivity contribution in [3.8, 4) is 17.3 Å². The van der Waals surface area contributed by atoms with Crippen molar-refractivity contribution in [1.29, 1.82) is 0 Å². The molecule has 5 rings (SSSR count). The lowest BCUT2D eigenvalue weighted by Crippen LogP contribution is -2.30. The monoisotopic (exact) mass is 562 g/mol. The molecule has 0 bridgehead atoms. The van der Waals surface area contributed by atoms with Crippen LogP contribution in [0.5, 0.6) is 11.6 Å². The van der Waals surface area contributed by atoms with Gasteiger partial charge < -0.3 is 14.8 Å². The quantitative estimate of drug-likeness (QED) is 0.243. The Hall–Kier alpha value is -3.81. The first-order valence-electron chi connectivity index (χ1n) is 12.7. The van der Waals surface area contributed by atoms with E-state index in [1.165, 1.54) is 0 Å². The van der Waals surface area contributed by atoms with Crippen LogP contribution in [0.2, 0.25) is 10.0 Å². The van der Waals surface area contributed by atoms with Crippen molar-refractivity contribution < 1.29 is 14.3 Å². The van der Waals surface area contributed by atoms with E-state index < -0.39 is 6.09 Å². The van der Waals surface area contributed by atoms with Gasteiger partial charge in [0.05, 0.1) is 35.2 Å². The number of rotatable bonds is 6. The molecule has 0 unspecified atom stereocenters. The summed E-state index contributed by atoms with van der Waals surface area (Å²) in [7, 11) is 1.65. The number of nitrogens with one attached hydrogen (secondary N) is 1. The molecule has 200 valence electrons. The standard InChI is InChI=1S/C30H28Cl2N4O3/c1-19(26-9-5-6-16-33-26)34-30(37)39-29-24-8-4-3-7-21(17-20-10-13-23(38-2)14-11-20)28(24)36(35-29)27-15-12-22(31)18-25(27)32/h5-6,9-19H,3-4,7-8H2,1-2H3,(H,34,37)/b21-17+/t19-/m1/s1. The van der Waals surface area contributed by atoms with Crippen LogP contribution in [-0.2, 0) is 6.42 Å². The highest BCUT2D eigenvalue weighted by molar-refractivity contribution is 6.35. The van der Waals surface area contributed by atoms with Gasteiger partial charge in [0.2, 0.25) is 5.88 Å². The number of amides is 1. The largest absolute Gasteiger partial charge is 0.497 e. The summed E-state index contributed by atoms with van der Waals surface area (Å²) in [6, 6.07) is 18.4. The maximum Gasteiger partial charge on any atom is 0.414 e. The third kappa shape index (κ3) is 6.10. The van der Waals surface area contributed by atoms with Gasteiger partial charge in [0, 0.05) is 16.8 Å². The number of benzene rings is 2. The smallest absolute Gasteiger partial charge is 0.414 e. The number of hydrogen-bond acceptors (Lipinski definition) is 5. The molecule has 1 amide bonds. The maximum atomic E-state index is 13.0. The molecule has 2 aromatic carbocycles. The molecule has 0 saturated heterocycles. The number of fused-ring (bicyclic) bond motifs is 1. The Bertz CT molecular complexity index is 1500. The summed E-state index contributed by atoms with van der Waals surface area (Å²) in [4.78, 5) is 17.3. The Kier molecular flexibility index (Phi) is 8.19. The van der Waals surface area contributed by atoms with E-state index in [0.29, 0.717) is 22.2 Å². The molecule has 39 heavy (non-hydrogen) atoms. The summed E-state index contributed by atoms with van der Waals surface area (Å²) < 4.78 is 12.9. The fourth-order valence-electron chi connectivity index (χ4n) is 4.67. The lowest BCUT2D eigenvalue weighted by Gasteiger charge is -2.13. The predicted octanol–water partition coefficient (Wildman–Crippen LogP) is 7.70. The highest BCUT2D eigenvalue weighted by atomic mass is 35.5. The molecule has 0 spiro atoms. The van der Waals surface area contributed by atoms with Gasteiger partial charge in [-0.25, -0.2) is 9.48 Å². The average Bonchev–Trinajstić information content (AvgIpc) is 3.14. The molecule has 7 nitrogen and oxygen atoms in total. The number of halogens is 2. The Morgan fingerprint density at radius 3 is 2.59 bits per heavy atom. The fraction of sp³-hybridized carbons (Fsp3) is 0.233. The molecule has 0 saturated carbocycles. The number of methoxy groups -OCH3 is 1. The SMILES string of the molecule is COc1ccc(/C=C2\CCCCc3c(OC(=O)N[C@H](C)c4ccccn4)nn(-c4ccc(Cl)cc4Cl)c32)cc1. The second-order valence-electron chi connectivity index (χ2n) is 9.30. The Labute approximate surface area is 237 Å². The lowest BCUT2D eigenvalue weighted by molar-refractivity contribution is 0.194. The normalized spacial score (nSPS) is 14.8. The fourth-order valence-corrected chi connectivity index (χ4v) is 5.16. The van der Waals surface area contributed by atoms with Gasteiger partial charge in [-0.1, -0.05) is 41.4 Å². The van der Waals surface area contributed by atoms with Crippen LogP contribution in [0.25, 0.3) is 17.3 Å². The number of nitrogens with zero attached hydrogens (tertiary/aromatic N) is 3. The van der Waals surface area contributed by atoms with Crippen LogP contribution >= 0.6 is 23.2 Å². The zero-order chi connectivity index (χ0) is 27.4. The first-order chi connectivity index (χ1) is 18.9. The van der Waals surface area contributed by atoms with Crippen molar-refractivity contribution in [3.05, 3.63) is 99.4 Å². The van der Waals surface area contributed by atoms with Crippen molar-refractivity contribution in [2.24, 2.45) is 0 Å². The van der Waals surface area contributed by atoms with Gasteiger partial charge in [-0.3, -0.25) is 4.98 Å². The average molecular weight is 563 g/mol. The number of pyridine rings is 1. The van der Waals surface area contributed by atoms with Crippen LogP contribution in [-0.4, -0.2) is 28.0 Å². The zero-order valence-electron chi connectivity index (χ0n) is 21.7. The third-order valence-corrected chi connectivity index (χ3v) is 7.16. The van der Waals surface area contributed by atoms with Crippen molar-refractivity contribution >= 4 is 40.9 Å². The molecule has 1 aliphatic carbocycles. The molecule has 2 heterocycles. The third-order valence-electron chi connectivity index (χ3n) is 6.62. The molecular formula is C30H28Cl2N4O3. The van der Waals surface area contributed by atoms with Crippen LogP contribution in [0.4, 0.5) is 4.79 Å². The van der Waals surface area contributed by atoms with E-state index in [1.807, 2.05) is 55.5 Å². The number of ether oxygens (including phenoxy) is 2. The van der Waals surface area contributed by atoms with E-state index in [-0.39, 0.29) is 11.9 Å². The maximum absolute atomic E-state index is 13.0. The van der Waals surface area contributed by atoms with E-state index in [9.17, 15) is 4.79 Å². The van der Waals surface area contributed by atoms with Gasteiger partial charge in [-0.15, -0.1) is 5.10 Å². The number of carbonyl (C=O) groups is 1. The number of carbonyl (C=O) groups excluding carboxylic acids is 1. The first-order valence-corrected chi connectivity index (χ1v) is 13.5. The minimum atomic E-state index is -0.604. The van der Waals surface area contributed by atoms with E-state index in [0.717, 1.165) is 53.1 Å². The zero-order valence-corrected chi connectivity index (χ0v) is 23.2. The lowest BCUT2D eigenvalue weighted by atomic mass is 10.0. The Morgan fingerprint density at radius 2 is 1.87 bits per heavy atom. The van der Waals surface area contributed by atoms with E-state index in [2.05, 4.69) is 16.4 Å². The van der Waals surface area contributed by atoms with Crippen LogP contribution in [0, 0.1) is 0 Å². The molecule has 9 heteroatoms. The summed E-state index contributed by atoms with van der Waals surface area (Å²) in [5.41, 5.74) is 5.21. The number of allylic oxidation sites excluding steroid dienone is 1. The van der Waals surface area contributed by atoms with Crippen molar-refractivity contribution in [2.75, 3.05) is 7.11 Å². The second-order valence-corrected chi connectivity index (χ2v) is 10.1. The molecule has 4 aromatic rings. The minimum absolute atomic E-state index is 0.254. The van der Waals surface area contributed by atoms with Crippen LogP contribution < -0.4 is 14.8 Å². The van der Waals surface area contributed by atoms with Gasteiger partial charge >= 0.3 is 6.09 Å². The van der Waals surface area contributed by atoms with E-state index >= 15 is 0 Å².